The molecule has 106 valence electrons. The molecule has 0 N–H and O–H groups in total. The zero-order valence-corrected chi connectivity index (χ0v) is 11.5. The van der Waals surface area contributed by atoms with Gasteiger partial charge in [0.15, 0.2) is 5.78 Å². The molecule has 2 aromatic rings. The van der Waals surface area contributed by atoms with Crippen LogP contribution in [0.1, 0.15) is 15.9 Å². The van der Waals surface area contributed by atoms with Gasteiger partial charge in [0.1, 0.15) is 18.2 Å². The number of carbonyl (C=O) groups excluding carboxylic acids is 1. The fraction of sp³-hybridized carbons (Fsp3) is 0.0556. The monoisotopic (exact) mass is 282 g/mol. The molecule has 21 heavy (non-hydrogen) atoms. The predicted molar refractivity (Wildman–Crippen MR) is 81.9 cm³/mol. The van der Waals surface area contributed by atoms with Gasteiger partial charge in [-0.3, -0.25) is 4.79 Å². The van der Waals surface area contributed by atoms with Crippen molar-refractivity contribution in [3.05, 3.63) is 84.2 Å². The van der Waals surface area contributed by atoms with E-state index in [4.69, 9.17) is 4.74 Å². The summed E-state index contributed by atoms with van der Waals surface area (Å²) >= 11 is 0. The van der Waals surface area contributed by atoms with Crippen LogP contribution in [-0.4, -0.2) is 12.4 Å². The van der Waals surface area contributed by atoms with Crippen molar-refractivity contribution in [2.24, 2.45) is 0 Å². The van der Waals surface area contributed by atoms with Gasteiger partial charge in [-0.25, -0.2) is 4.39 Å². The minimum atomic E-state index is -0.359. The molecule has 0 bridgehead atoms. The molecule has 0 radical (unpaired) electrons. The van der Waals surface area contributed by atoms with Gasteiger partial charge in [0.05, 0.1) is 0 Å². The first kappa shape index (κ1) is 14.7. The van der Waals surface area contributed by atoms with Crippen LogP contribution in [-0.2, 0) is 0 Å². The molecule has 0 aromatic heterocycles. The molecule has 0 saturated heterocycles. The van der Waals surface area contributed by atoms with Crippen molar-refractivity contribution < 1.29 is 13.9 Å². The first-order chi connectivity index (χ1) is 10.2. The van der Waals surface area contributed by atoms with Crippen LogP contribution in [0.25, 0.3) is 6.08 Å². The molecular weight excluding hydrogens is 267 g/mol. The van der Waals surface area contributed by atoms with E-state index in [-0.39, 0.29) is 11.6 Å². The Bertz CT molecular complexity index is 657. The largest absolute Gasteiger partial charge is 0.490 e. The van der Waals surface area contributed by atoms with Crippen LogP contribution in [0, 0.1) is 5.82 Å². The van der Waals surface area contributed by atoms with E-state index >= 15 is 0 Å². The molecule has 0 heterocycles. The molecule has 0 unspecified atom stereocenters. The van der Waals surface area contributed by atoms with E-state index in [1.165, 1.54) is 30.3 Å². The summed E-state index contributed by atoms with van der Waals surface area (Å²) < 4.78 is 18.2. The highest BCUT2D eigenvalue weighted by Crippen LogP contribution is 2.15. The van der Waals surface area contributed by atoms with Crippen molar-refractivity contribution in [1.29, 1.82) is 0 Å². The normalized spacial score (nSPS) is 10.5. The van der Waals surface area contributed by atoms with Gasteiger partial charge in [-0.1, -0.05) is 30.9 Å². The van der Waals surface area contributed by atoms with Crippen LogP contribution in [0.15, 0.2) is 67.3 Å². The number of ether oxygens (including phenoxy) is 1. The Kier molecular flexibility index (Phi) is 5.04. The molecule has 0 spiro atoms. The van der Waals surface area contributed by atoms with Gasteiger partial charge >= 0.3 is 0 Å². The lowest BCUT2D eigenvalue weighted by Gasteiger charge is -2.03. The van der Waals surface area contributed by atoms with Gasteiger partial charge in [-0.2, -0.15) is 0 Å². The molecule has 0 aliphatic heterocycles. The molecule has 0 atom stereocenters. The Morgan fingerprint density at radius 2 is 1.95 bits per heavy atom. The fourth-order valence-corrected chi connectivity index (χ4v) is 1.75. The third kappa shape index (κ3) is 4.42. The highest BCUT2D eigenvalue weighted by atomic mass is 19.1. The molecule has 0 aliphatic rings. The standard InChI is InChI=1S/C18H15FO2/c1-2-12-21-17-5-3-4-14(13-17)6-11-18(20)15-7-9-16(19)10-8-15/h2-11,13H,1,12H2/b11-6+. The number of carbonyl (C=O) groups is 1. The smallest absolute Gasteiger partial charge is 0.185 e. The van der Waals surface area contributed by atoms with Crippen LogP contribution >= 0.6 is 0 Å². The predicted octanol–water partition coefficient (Wildman–Crippen LogP) is 4.29. The number of ketones is 1. The lowest BCUT2D eigenvalue weighted by molar-refractivity contribution is 0.104. The summed E-state index contributed by atoms with van der Waals surface area (Å²) in [5.74, 6) is 0.182. The van der Waals surface area contributed by atoms with Gasteiger partial charge in [-0.15, -0.1) is 0 Å². The van der Waals surface area contributed by atoms with E-state index in [9.17, 15) is 9.18 Å². The minimum absolute atomic E-state index is 0.174. The maximum Gasteiger partial charge on any atom is 0.185 e. The highest BCUT2D eigenvalue weighted by molar-refractivity contribution is 6.06. The van der Waals surface area contributed by atoms with Gasteiger partial charge in [0, 0.05) is 5.56 Å². The van der Waals surface area contributed by atoms with Crippen molar-refractivity contribution in [1.82, 2.24) is 0 Å². The Morgan fingerprint density at radius 1 is 1.19 bits per heavy atom. The van der Waals surface area contributed by atoms with E-state index in [0.29, 0.717) is 17.9 Å². The van der Waals surface area contributed by atoms with Crippen molar-refractivity contribution in [2.45, 2.75) is 0 Å². The fourth-order valence-electron chi connectivity index (χ4n) is 1.75. The number of allylic oxidation sites excluding steroid dienone is 1. The van der Waals surface area contributed by atoms with Crippen molar-refractivity contribution in [2.75, 3.05) is 6.61 Å². The van der Waals surface area contributed by atoms with Crippen LogP contribution < -0.4 is 4.74 Å². The summed E-state index contributed by atoms with van der Waals surface area (Å²) in [5.41, 5.74) is 1.30. The van der Waals surface area contributed by atoms with Crippen molar-refractivity contribution >= 4 is 11.9 Å². The number of benzene rings is 2. The van der Waals surface area contributed by atoms with E-state index < -0.39 is 0 Å². The van der Waals surface area contributed by atoms with E-state index in [1.807, 2.05) is 24.3 Å². The first-order valence-electron chi connectivity index (χ1n) is 6.51. The van der Waals surface area contributed by atoms with Gasteiger partial charge in [0.2, 0.25) is 0 Å². The van der Waals surface area contributed by atoms with Crippen LogP contribution in [0.4, 0.5) is 4.39 Å². The second-order valence-corrected chi connectivity index (χ2v) is 4.38. The zero-order valence-electron chi connectivity index (χ0n) is 11.5. The molecule has 0 aliphatic carbocycles. The first-order valence-corrected chi connectivity index (χ1v) is 6.51. The Balaban J connectivity index is 2.08. The average molecular weight is 282 g/mol. The number of rotatable bonds is 6. The van der Waals surface area contributed by atoms with Gasteiger partial charge in [0.25, 0.3) is 0 Å². The van der Waals surface area contributed by atoms with Crippen LogP contribution in [0.3, 0.4) is 0 Å². The third-order valence-electron chi connectivity index (χ3n) is 2.78. The molecule has 3 heteroatoms. The molecular formula is C18H15FO2. The van der Waals surface area contributed by atoms with Gasteiger partial charge < -0.3 is 4.74 Å². The second kappa shape index (κ2) is 7.20. The average Bonchev–Trinajstić information content (AvgIpc) is 2.52. The summed E-state index contributed by atoms with van der Waals surface area (Å²) in [6, 6.07) is 12.9. The topological polar surface area (TPSA) is 26.3 Å². The summed E-state index contributed by atoms with van der Waals surface area (Å²) in [6.45, 7) is 4.02. The van der Waals surface area contributed by atoms with Crippen LogP contribution in [0.5, 0.6) is 5.75 Å². The maximum absolute atomic E-state index is 12.8. The molecule has 0 fully saturated rings. The van der Waals surface area contributed by atoms with E-state index in [2.05, 4.69) is 6.58 Å². The molecule has 0 saturated carbocycles. The third-order valence-corrected chi connectivity index (χ3v) is 2.78. The summed E-state index contributed by atoms with van der Waals surface area (Å²) in [5, 5.41) is 0. The van der Waals surface area contributed by atoms with E-state index in [0.717, 1.165) is 5.56 Å². The summed E-state index contributed by atoms with van der Waals surface area (Å²) in [4.78, 5) is 11.9. The molecule has 2 aromatic carbocycles. The SMILES string of the molecule is C=CCOc1cccc(/C=C/C(=O)c2ccc(F)cc2)c1. The minimum Gasteiger partial charge on any atom is -0.490 e. The van der Waals surface area contributed by atoms with Gasteiger partial charge in [-0.05, 0) is 48.0 Å². The van der Waals surface area contributed by atoms with Crippen molar-refractivity contribution in [3.63, 3.8) is 0 Å². The van der Waals surface area contributed by atoms with Crippen LogP contribution in [0.2, 0.25) is 0 Å². The lowest BCUT2D eigenvalue weighted by atomic mass is 10.1. The van der Waals surface area contributed by atoms with Crippen molar-refractivity contribution in [3.8, 4) is 5.75 Å². The Hall–Kier alpha value is -2.68. The molecule has 0 amide bonds. The molecule has 2 nitrogen and oxygen atoms in total. The number of hydrogen-bond donors (Lipinski definition) is 0. The quantitative estimate of drug-likeness (QED) is 0.449. The highest BCUT2D eigenvalue weighted by Gasteiger charge is 2.01. The summed E-state index contributed by atoms with van der Waals surface area (Å²) in [6.07, 6.45) is 4.83. The van der Waals surface area contributed by atoms with E-state index in [1.54, 1.807) is 12.2 Å². The maximum atomic E-state index is 12.8. The zero-order chi connectivity index (χ0) is 15.1. The Labute approximate surface area is 123 Å². The molecule has 2 rings (SSSR count). The Morgan fingerprint density at radius 3 is 2.67 bits per heavy atom. The second-order valence-electron chi connectivity index (χ2n) is 4.38. The lowest BCUT2D eigenvalue weighted by Crippen LogP contribution is -1.94. The number of hydrogen-bond acceptors (Lipinski definition) is 2. The summed E-state index contributed by atoms with van der Waals surface area (Å²) in [7, 11) is 0. The number of halogens is 1.